The van der Waals surface area contributed by atoms with Crippen molar-refractivity contribution < 1.29 is 14.3 Å². The predicted octanol–water partition coefficient (Wildman–Crippen LogP) is 2.72. The van der Waals surface area contributed by atoms with Crippen LogP contribution in [0, 0.1) is 17.3 Å². The van der Waals surface area contributed by atoms with Crippen molar-refractivity contribution in [2.45, 2.75) is 77.7 Å². The summed E-state index contributed by atoms with van der Waals surface area (Å²) in [7, 11) is 0. The van der Waals surface area contributed by atoms with Gasteiger partial charge in [-0.2, -0.15) is 0 Å². The summed E-state index contributed by atoms with van der Waals surface area (Å²) in [5.74, 6) is 1.06. The Morgan fingerprint density at radius 3 is 2.52 bits per heavy atom. The molecule has 0 radical (unpaired) electrons. The lowest BCUT2D eigenvalue weighted by molar-refractivity contribution is -0.139. The van der Waals surface area contributed by atoms with Crippen molar-refractivity contribution in [2.75, 3.05) is 39.4 Å². The molecule has 2 aliphatic heterocycles. The van der Waals surface area contributed by atoms with E-state index in [1.54, 1.807) is 0 Å². The first-order chi connectivity index (χ1) is 14.0. The highest BCUT2D eigenvalue weighted by molar-refractivity contribution is 5.90. The molecule has 2 saturated heterocycles. The topological polar surface area (TPSA) is 70.7 Å². The zero-order valence-corrected chi connectivity index (χ0v) is 18.5. The molecule has 0 aromatic heterocycles. The lowest BCUT2D eigenvalue weighted by Gasteiger charge is -2.42. The highest BCUT2D eigenvalue weighted by atomic mass is 16.5. The largest absolute Gasteiger partial charge is 0.381 e. The smallest absolute Gasteiger partial charge is 0.242 e. The van der Waals surface area contributed by atoms with E-state index < -0.39 is 6.04 Å². The molecule has 1 saturated carbocycles. The number of carbonyl (C=O) groups is 2. The van der Waals surface area contributed by atoms with Gasteiger partial charge in [-0.15, -0.1) is 0 Å². The van der Waals surface area contributed by atoms with Gasteiger partial charge in [-0.3, -0.25) is 9.59 Å². The van der Waals surface area contributed by atoms with Crippen LogP contribution in [-0.2, 0) is 14.3 Å². The average Bonchev–Trinajstić information content (AvgIpc) is 3.54. The van der Waals surface area contributed by atoms with E-state index in [4.69, 9.17) is 4.74 Å². The van der Waals surface area contributed by atoms with E-state index in [-0.39, 0.29) is 23.1 Å². The minimum absolute atomic E-state index is 0.0499. The summed E-state index contributed by atoms with van der Waals surface area (Å²) in [5, 5.41) is 6.21. The van der Waals surface area contributed by atoms with Crippen molar-refractivity contribution in [2.24, 2.45) is 17.3 Å². The molecule has 2 heterocycles. The Kier molecular flexibility index (Phi) is 8.36. The second-order valence-electron chi connectivity index (χ2n) is 9.58. The third kappa shape index (κ3) is 6.42. The summed E-state index contributed by atoms with van der Waals surface area (Å²) < 4.78 is 5.72. The zero-order valence-electron chi connectivity index (χ0n) is 18.5. The minimum Gasteiger partial charge on any atom is -0.381 e. The van der Waals surface area contributed by atoms with Crippen molar-refractivity contribution >= 4 is 11.8 Å². The first-order valence-corrected chi connectivity index (χ1v) is 11.9. The Morgan fingerprint density at radius 1 is 1.10 bits per heavy atom. The number of hydrogen-bond donors (Lipinski definition) is 2. The number of nitrogens with one attached hydrogen (secondary N) is 2. The fraction of sp³-hybridized carbons (Fsp3) is 0.913. The van der Waals surface area contributed by atoms with E-state index in [9.17, 15) is 9.59 Å². The Balaban J connectivity index is 1.70. The van der Waals surface area contributed by atoms with Crippen LogP contribution >= 0.6 is 0 Å². The number of rotatable bonds is 4. The Morgan fingerprint density at radius 2 is 1.83 bits per heavy atom. The van der Waals surface area contributed by atoms with Crippen LogP contribution in [0.3, 0.4) is 0 Å². The third-order valence-corrected chi connectivity index (χ3v) is 7.25. The van der Waals surface area contributed by atoms with E-state index in [2.05, 4.69) is 29.4 Å². The molecule has 2 N–H and O–H groups in total. The molecule has 1 aliphatic carbocycles. The maximum atomic E-state index is 13.5. The Bertz CT molecular complexity index is 541. The number of piperidine rings is 1. The van der Waals surface area contributed by atoms with Crippen molar-refractivity contribution in [1.82, 2.24) is 15.5 Å². The lowest BCUT2D eigenvalue weighted by Crippen LogP contribution is -2.56. The fourth-order valence-electron chi connectivity index (χ4n) is 4.68. The molecular formula is C23H41N3O3. The van der Waals surface area contributed by atoms with E-state index in [0.717, 1.165) is 70.6 Å². The molecule has 2 amide bonds. The van der Waals surface area contributed by atoms with Gasteiger partial charge in [0.15, 0.2) is 0 Å². The van der Waals surface area contributed by atoms with Crippen molar-refractivity contribution in [3.05, 3.63) is 0 Å². The Labute approximate surface area is 176 Å². The van der Waals surface area contributed by atoms with Gasteiger partial charge in [-0.05, 0) is 69.9 Å². The average molecular weight is 408 g/mol. The zero-order chi connectivity index (χ0) is 20.7. The van der Waals surface area contributed by atoms with Crippen LogP contribution < -0.4 is 10.6 Å². The summed E-state index contributed by atoms with van der Waals surface area (Å²) in [6, 6.07) is -0.447. The van der Waals surface area contributed by atoms with Crippen molar-refractivity contribution in [3.63, 3.8) is 0 Å². The number of nitrogens with zero attached hydrogens (tertiary/aromatic N) is 1. The molecule has 3 rings (SSSR count). The molecule has 0 unspecified atom stereocenters. The first-order valence-electron chi connectivity index (χ1n) is 11.9. The summed E-state index contributed by atoms with van der Waals surface area (Å²) in [6.45, 7) is 9.36. The molecule has 0 aromatic rings. The molecule has 3 aliphatic rings. The van der Waals surface area contributed by atoms with Gasteiger partial charge in [-0.1, -0.05) is 26.7 Å². The molecule has 0 bridgehead atoms. The van der Waals surface area contributed by atoms with Gasteiger partial charge < -0.3 is 20.3 Å². The van der Waals surface area contributed by atoms with Crippen LogP contribution in [0.15, 0.2) is 0 Å². The number of amides is 2. The molecule has 3 fully saturated rings. The van der Waals surface area contributed by atoms with E-state index >= 15 is 0 Å². The number of likely N-dealkylation sites (tertiary alicyclic amines) is 1. The fourth-order valence-corrected chi connectivity index (χ4v) is 4.68. The standard InChI is InChI=1S/C23H41N3O3/c1-3-18(2)20-21(27)24-12-6-16-29-15-5-4-9-23(22(28)25-20)10-13-26(14-11-23)17-19-7-8-19/h18-20H,3-17H2,1-2H3,(H,24,27)(H,25,28)/t18-,20-/m0/s1. The van der Waals surface area contributed by atoms with Gasteiger partial charge in [0.25, 0.3) is 0 Å². The normalized spacial score (nSPS) is 29.0. The molecule has 2 atom stereocenters. The van der Waals surface area contributed by atoms with E-state index in [1.165, 1.54) is 19.4 Å². The van der Waals surface area contributed by atoms with Crippen LogP contribution in [0.5, 0.6) is 0 Å². The van der Waals surface area contributed by atoms with Gasteiger partial charge in [0, 0.05) is 26.3 Å². The summed E-state index contributed by atoms with van der Waals surface area (Å²) in [4.78, 5) is 28.9. The highest BCUT2D eigenvalue weighted by Gasteiger charge is 2.43. The summed E-state index contributed by atoms with van der Waals surface area (Å²) in [6.07, 6.45) is 9.13. The van der Waals surface area contributed by atoms with E-state index in [1.807, 2.05) is 0 Å². The van der Waals surface area contributed by atoms with Gasteiger partial charge in [0.1, 0.15) is 6.04 Å². The maximum absolute atomic E-state index is 13.5. The lowest BCUT2D eigenvalue weighted by atomic mass is 9.73. The third-order valence-electron chi connectivity index (χ3n) is 7.25. The molecule has 1 spiro atoms. The number of carbonyl (C=O) groups excluding carboxylic acids is 2. The predicted molar refractivity (Wildman–Crippen MR) is 115 cm³/mol. The molecule has 6 nitrogen and oxygen atoms in total. The van der Waals surface area contributed by atoms with Gasteiger partial charge in [0.2, 0.25) is 11.8 Å². The van der Waals surface area contributed by atoms with Crippen LogP contribution in [0.2, 0.25) is 0 Å². The monoisotopic (exact) mass is 407 g/mol. The van der Waals surface area contributed by atoms with Crippen LogP contribution in [-0.4, -0.2) is 62.1 Å². The van der Waals surface area contributed by atoms with Gasteiger partial charge in [-0.25, -0.2) is 0 Å². The Hall–Kier alpha value is -1.14. The first kappa shape index (κ1) is 22.5. The molecule has 6 heteroatoms. The summed E-state index contributed by atoms with van der Waals surface area (Å²) >= 11 is 0. The molecule has 29 heavy (non-hydrogen) atoms. The minimum atomic E-state index is -0.447. The number of ether oxygens (including phenoxy) is 1. The summed E-state index contributed by atoms with van der Waals surface area (Å²) in [5.41, 5.74) is -0.337. The van der Waals surface area contributed by atoms with E-state index in [0.29, 0.717) is 13.2 Å². The van der Waals surface area contributed by atoms with Crippen molar-refractivity contribution in [1.29, 1.82) is 0 Å². The maximum Gasteiger partial charge on any atom is 0.242 e. The van der Waals surface area contributed by atoms with Crippen LogP contribution in [0.4, 0.5) is 0 Å². The van der Waals surface area contributed by atoms with Crippen LogP contribution in [0.25, 0.3) is 0 Å². The van der Waals surface area contributed by atoms with Crippen LogP contribution in [0.1, 0.15) is 71.6 Å². The number of hydrogen-bond acceptors (Lipinski definition) is 4. The second kappa shape index (κ2) is 10.8. The van der Waals surface area contributed by atoms with Gasteiger partial charge in [0.05, 0.1) is 5.41 Å². The second-order valence-corrected chi connectivity index (χ2v) is 9.58. The molecule has 0 aromatic carbocycles. The molecule has 166 valence electrons. The quantitative estimate of drug-likeness (QED) is 0.752. The highest BCUT2D eigenvalue weighted by Crippen LogP contribution is 2.39. The van der Waals surface area contributed by atoms with Crippen molar-refractivity contribution in [3.8, 4) is 0 Å². The van der Waals surface area contributed by atoms with Gasteiger partial charge >= 0.3 is 0 Å². The SMILES string of the molecule is CC[C@H](C)[C@@H]1NC(=O)C2(CCCCOCCCNC1=O)CCN(CC1CC1)CC2. The molecular weight excluding hydrogens is 366 g/mol.